The number of methoxy groups -OCH3 is 1. The molecule has 0 N–H and O–H groups in total. The molecule has 0 saturated carbocycles. The topological polar surface area (TPSA) is 26.3 Å². The summed E-state index contributed by atoms with van der Waals surface area (Å²) >= 11 is 0. The summed E-state index contributed by atoms with van der Waals surface area (Å²) < 4.78 is 4.61. The molecule has 0 heterocycles. The second-order valence-electron chi connectivity index (χ2n) is 5.84. The minimum atomic E-state index is -0.238. The van der Waals surface area contributed by atoms with Gasteiger partial charge in [-0.15, -0.1) is 0 Å². The third-order valence-electron chi connectivity index (χ3n) is 3.31. The molecule has 0 radical (unpaired) electrons. The van der Waals surface area contributed by atoms with E-state index in [1.54, 1.807) is 6.08 Å². The lowest BCUT2D eigenvalue weighted by atomic mass is 9.94. The second kappa shape index (κ2) is 10.2. The summed E-state index contributed by atoms with van der Waals surface area (Å²) in [6, 6.07) is 0. The van der Waals surface area contributed by atoms with E-state index in [-0.39, 0.29) is 5.97 Å². The molecule has 0 bridgehead atoms. The first-order chi connectivity index (χ1) is 8.45. The Balaban J connectivity index is 3.64. The van der Waals surface area contributed by atoms with Crippen LogP contribution in [0.2, 0.25) is 0 Å². The number of rotatable bonds is 9. The Bertz CT molecular complexity index is 254. The molecule has 2 heteroatoms. The largest absolute Gasteiger partial charge is 0.466 e. The van der Waals surface area contributed by atoms with Crippen LogP contribution in [-0.4, -0.2) is 13.1 Å². The minimum absolute atomic E-state index is 0.238. The molecule has 1 atom stereocenters. The van der Waals surface area contributed by atoms with Gasteiger partial charge in [-0.1, -0.05) is 52.0 Å². The van der Waals surface area contributed by atoms with Crippen molar-refractivity contribution in [3.05, 3.63) is 11.6 Å². The molecule has 0 rings (SSSR count). The van der Waals surface area contributed by atoms with Crippen LogP contribution < -0.4 is 0 Å². The van der Waals surface area contributed by atoms with E-state index in [1.165, 1.54) is 39.2 Å². The van der Waals surface area contributed by atoms with Crippen LogP contribution in [0.4, 0.5) is 0 Å². The summed E-state index contributed by atoms with van der Waals surface area (Å²) in [6.45, 7) is 8.90. The van der Waals surface area contributed by atoms with Crippen molar-refractivity contribution in [1.82, 2.24) is 0 Å². The van der Waals surface area contributed by atoms with Crippen LogP contribution in [0, 0.1) is 11.8 Å². The molecule has 1 unspecified atom stereocenters. The Labute approximate surface area is 113 Å². The lowest BCUT2D eigenvalue weighted by Gasteiger charge is -2.12. The smallest absolute Gasteiger partial charge is 0.330 e. The number of hydrogen-bond acceptors (Lipinski definition) is 2. The van der Waals surface area contributed by atoms with E-state index in [4.69, 9.17) is 0 Å². The fraction of sp³-hybridized carbons (Fsp3) is 0.812. The Hall–Kier alpha value is -0.790. The van der Waals surface area contributed by atoms with E-state index < -0.39 is 0 Å². The van der Waals surface area contributed by atoms with Crippen LogP contribution in [0.5, 0.6) is 0 Å². The number of carbonyl (C=O) groups excluding carboxylic acids is 1. The lowest BCUT2D eigenvalue weighted by Crippen LogP contribution is -1.98. The molecule has 0 aliphatic carbocycles. The standard InChI is InChI=1S/C16H30O2/c1-13(2)8-6-9-14(3)10-7-11-15(4)12-16(17)18-5/h12-14H,6-11H2,1-5H3/b15-12-. The minimum Gasteiger partial charge on any atom is -0.466 e. The van der Waals surface area contributed by atoms with Gasteiger partial charge in [0.15, 0.2) is 0 Å². The average Bonchev–Trinajstić information content (AvgIpc) is 2.28. The lowest BCUT2D eigenvalue weighted by molar-refractivity contribution is -0.134. The molecule has 0 aromatic heterocycles. The summed E-state index contributed by atoms with van der Waals surface area (Å²) in [5.41, 5.74) is 1.12. The van der Waals surface area contributed by atoms with Gasteiger partial charge in [0.05, 0.1) is 7.11 Å². The number of allylic oxidation sites excluding steroid dienone is 1. The molecule has 0 saturated heterocycles. The van der Waals surface area contributed by atoms with Crippen LogP contribution in [0.3, 0.4) is 0 Å². The average molecular weight is 254 g/mol. The SMILES string of the molecule is COC(=O)/C=C(/C)CCCC(C)CCCC(C)C. The molecule has 2 nitrogen and oxygen atoms in total. The number of hydrogen-bond donors (Lipinski definition) is 0. The number of esters is 1. The predicted octanol–water partition coefficient (Wildman–Crippen LogP) is 4.74. The van der Waals surface area contributed by atoms with Gasteiger partial charge < -0.3 is 4.74 Å². The normalized spacial score (nSPS) is 13.8. The molecule has 0 aromatic carbocycles. The number of ether oxygens (including phenoxy) is 1. The monoisotopic (exact) mass is 254 g/mol. The Morgan fingerprint density at radius 1 is 1.11 bits per heavy atom. The van der Waals surface area contributed by atoms with Gasteiger partial charge in [-0.05, 0) is 31.6 Å². The van der Waals surface area contributed by atoms with E-state index in [2.05, 4.69) is 25.5 Å². The maximum Gasteiger partial charge on any atom is 0.330 e. The third-order valence-corrected chi connectivity index (χ3v) is 3.31. The fourth-order valence-corrected chi connectivity index (χ4v) is 2.08. The molecule has 0 spiro atoms. The molecule has 0 amide bonds. The molecule has 0 fully saturated rings. The highest BCUT2D eigenvalue weighted by Crippen LogP contribution is 2.18. The van der Waals surface area contributed by atoms with Gasteiger partial charge in [0, 0.05) is 6.08 Å². The Morgan fingerprint density at radius 2 is 1.72 bits per heavy atom. The zero-order valence-corrected chi connectivity index (χ0v) is 12.8. The molecule has 0 aromatic rings. The van der Waals surface area contributed by atoms with Gasteiger partial charge in [0.2, 0.25) is 0 Å². The first-order valence-corrected chi connectivity index (χ1v) is 7.20. The summed E-state index contributed by atoms with van der Waals surface area (Å²) in [5.74, 6) is 1.38. The third kappa shape index (κ3) is 10.4. The fourth-order valence-electron chi connectivity index (χ4n) is 2.08. The first kappa shape index (κ1) is 17.2. The van der Waals surface area contributed by atoms with E-state index in [0.717, 1.165) is 23.8 Å². The van der Waals surface area contributed by atoms with Gasteiger partial charge >= 0.3 is 5.97 Å². The molecular formula is C16H30O2. The molecule has 106 valence electrons. The van der Waals surface area contributed by atoms with Crippen LogP contribution in [0.25, 0.3) is 0 Å². The van der Waals surface area contributed by atoms with Crippen molar-refractivity contribution in [3.63, 3.8) is 0 Å². The van der Waals surface area contributed by atoms with E-state index >= 15 is 0 Å². The van der Waals surface area contributed by atoms with Crippen molar-refractivity contribution in [2.24, 2.45) is 11.8 Å². The zero-order valence-electron chi connectivity index (χ0n) is 12.8. The summed E-state index contributed by atoms with van der Waals surface area (Å²) in [4.78, 5) is 11.0. The van der Waals surface area contributed by atoms with Crippen molar-refractivity contribution in [2.45, 2.75) is 66.2 Å². The second-order valence-corrected chi connectivity index (χ2v) is 5.84. The van der Waals surface area contributed by atoms with Crippen molar-refractivity contribution in [2.75, 3.05) is 7.11 Å². The van der Waals surface area contributed by atoms with Gasteiger partial charge in [-0.2, -0.15) is 0 Å². The molecule has 0 aliphatic heterocycles. The highest BCUT2D eigenvalue weighted by atomic mass is 16.5. The molecule has 0 aliphatic rings. The highest BCUT2D eigenvalue weighted by Gasteiger charge is 2.04. The molecule has 18 heavy (non-hydrogen) atoms. The van der Waals surface area contributed by atoms with Crippen LogP contribution in [0.15, 0.2) is 11.6 Å². The van der Waals surface area contributed by atoms with E-state index in [0.29, 0.717) is 0 Å². The van der Waals surface area contributed by atoms with Crippen molar-refractivity contribution in [3.8, 4) is 0 Å². The van der Waals surface area contributed by atoms with Gasteiger partial charge in [0.25, 0.3) is 0 Å². The summed E-state index contributed by atoms with van der Waals surface area (Å²) in [6.07, 6.45) is 9.04. The van der Waals surface area contributed by atoms with Crippen LogP contribution in [0.1, 0.15) is 66.2 Å². The highest BCUT2D eigenvalue weighted by molar-refractivity contribution is 5.82. The van der Waals surface area contributed by atoms with Crippen LogP contribution >= 0.6 is 0 Å². The van der Waals surface area contributed by atoms with Gasteiger partial charge in [-0.25, -0.2) is 4.79 Å². The maximum atomic E-state index is 11.0. The van der Waals surface area contributed by atoms with Gasteiger partial charge in [0.1, 0.15) is 0 Å². The van der Waals surface area contributed by atoms with Crippen molar-refractivity contribution >= 4 is 5.97 Å². The van der Waals surface area contributed by atoms with Gasteiger partial charge in [-0.3, -0.25) is 0 Å². The van der Waals surface area contributed by atoms with Crippen molar-refractivity contribution in [1.29, 1.82) is 0 Å². The molecular weight excluding hydrogens is 224 g/mol. The van der Waals surface area contributed by atoms with E-state index in [9.17, 15) is 4.79 Å². The van der Waals surface area contributed by atoms with Crippen LogP contribution in [-0.2, 0) is 9.53 Å². The number of carbonyl (C=O) groups is 1. The maximum absolute atomic E-state index is 11.0. The zero-order chi connectivity index (χ0) is 14.0. The van der Waals surface area contributed by atoms with E-state index in [1.807, 2.05) is 6.92 Å². The summed E-state index contributed by atoms with van der Waals surface area (Å²) in [5, 5.41) is 0. The van der Waals surface area contributed by atoms with Crippen molar-refractivity contribution < 1.29 is 9.53 Å². The Morgan fingerprint density at radius 3 is 2.28 bits per heavy atom. The predicted molar refractivity (Wildman–Crippen MR) is 77.5 cm³/mol. The Kier molecular flexibility index (Phi) is 9.72. The first-order valence-electron chi connectivity index (χ1n) is 7.20. The quantitative estimate of drug-likeness (QED) is 0.439. The summed E-state index contributed by atoms with van der Waals surface area (Å²) in [7, 11) is 1.42.